The summed E-state index contributed by atoms with van der Waals surface area (Å²) >= 11 is 0. The summed E-state index contributed by atoms with van der Waals surface area (Å²) in [5, 5.41) is 2.78. The maximum Gasteiger partial charge on any atom is 0.416 e. The number of rotatable bonds is 5. The third-order valence-corrected chi connectivity index (χ3v) is 6.99. The molecule has 0 spiro atoms. The third-order valence-electron chi connectivity index (χ3n) is 6.99. The Morgan fingerprint density at radius 1 is 1.20 bits per heavy atom. The number of nitrogens with one attached hydrogen (secondary N) is 1. The lowest BCUT2D eigenvalue weighted by atomic mass is 10.1. The molecule has 0 radical (unpaired) electrons. The maximum absolute atomic E-state index is 13.6. The predicted octanol–water partition coefficient (Wildman–Crippen LogP) is 4.72. The number of alkyl halides is 3. The summed E-state index contributed by atoms with van der Waals surface area (Å²) < 4.78 is 56.9. The normalized spacial score (nSPS) is 21.3. The average Bonchev–Trinajstić information content (AvgIpc) is 3.50. The lowest BCUT2D eigenvalue weighted by Gasteiger charge is -2.35. The van der Waals surface area contributed by atoms with Gasteiger partial charge in [-0.05, 0) is 44.5 Å². The number of pyridine rings is 1. The molecule has 2 bridgehead atoms. The van der Waals surface area contributed by atoms with Crippen molar-refractivity contribution in [2.75, 3.05) is 41.4 Å². The van der Waals surface area contributed by atoms with Crippen LogP contribution in [0, 0.1) is 0 Å². The van der Waals surface area contributed by atoms with Crippen LogP contribution in [0.1, 0.15) is 25.8 Å². The number of aromatic nitrogens is 3. The number of urea groups is 1. The Morgan fingerprint density at radius 2 is 2.05 bits per heavy atom. The summed E-state index contributed by atoms with van der Waals surface area (Å²) in [6.07, 6.45) is -1.18. The van der Waals surface area contributed by atoms with Gasteiger partial charge in [0.15, 0.2) is 17.4 Å². The second kappa shape index (κ2) is 9.89. The molecule has 2 aromatic heterocycles. The third kappa shape index (κ3) is 5.26. The van der Waals surface area contributed by atoms with Crippen LogP contribution in [0.25, 0.3) is 11.3 Å². The molecule has 6 rings (SSSR count). The summed E-state index contributed by atoms with van der Waals surface area (Å²) in [5.74, 6) is 0.0950. The van der Waals surface area contributed by atoms with Gasteiger partial charge in [0.25, 0.3) is 0 Å². The number of benzene rings is 1. The predicted molar refractivity (Wildman–Crippen MR) is 139 cm³/mol. The topological polar surface area (TPSA) is 102 Å². The first kappa shape index (κ1) is 26.3. The zero-order valence-electron chi connectivity index (χ0n) is 21.8. The number of amides is 2. The molecule has 2 amide bonds. The van der Waals surface area contributed by atoms with Crippen molar-refractivity contribution in [1.82, 2.24) is 15.0 Å². The van der Waals surface area contributed by atoms with Gasteiger partial charge < -0.3 is 19.1 Å². The summed E-state index contributed by atoms with van der Waals surface area (Å²) in [7, 11) is 0. The minimum absolute atomic E-state index is 0.160. The van der Waals surface area contributed by atoms with Crippen LogP contribution in [0.3, 0.4) is 0 Å². The quantitative estimate of drug-likeness (QED) is 0.482. The van der Waals surface area contributed by atoms with Gasteiger partial charge in [0.2, 0.25) is 5.88 Å². The van der Waals surface area contributed by atoms with Crippen LogP contribution in [0.2, 0.25) is 0 Å². The van der Waals surface area contributed by atoms with E-state index in [-0.39, 0.29) is 30.5 Å². The van der Waals surface area contributed by atoms with Crippen LogP contribution in [-0.2, 0) is 15.7 Å². The van der Waals surface area contributed by atoms with Crippen LogP contribution in [-0.4, -0.2) is 65.2 Å². The second-order valence-corrected chi connectivity index (χ2v) is 10.3. The van der Waals surface area contributed by atoms with Crippen molar-refractivity contribution in [2.45, 2.75) is 44.4 Å². The van der Waals surface area contributed by atoms with Crippen molar-refractivity contribution < 1.29 is 32.2 Å². The van der Waals surface area contributed by atoms with Crippen molar-refractivity contribution in [2.24, 2.45) is 0 Å². The molecule has 3 aliphatic heterocycles. The van der Waals surface area contributed by atoms with Crippen molar-refractivity contribution in [3.05, 3.63) is 54.4 Å². The number of ether oxygens (including phenoxy) is 3. The zero-order chi connectivity index (χ0) is 28.1. The van der Waals surface area contributed by atoms with Crippen molar-refractivity contribution in [1.29, 1.82) is 0 Å². The highest BCUT2D eigenvalue weighted by atomic mass is 19.4. The van der Waals surface area contributed by atoms with Crippen LogP contribution >= 0.6 is 0 Å². The summed E-state index contributed by atoms with van der Waals surface area (Å²) in [6, 6.07) is 7.83. The Bertz CT molecular complexity index is 1440. The smallest absolute Gasteiger partial charge is 0.416 e. The molecule has 1 aromatic carbocycles. The molecular formula is C27H27F3N6O4. The molecule has 13 heteroatoms. The molecular weight excluding hydrogens is 529 g/mol. The standard InChI is InChI=1S/C27H27F3N6O4/c1-26(2)39-15-19(40-26)14-38-23-12-31-11-22(33-23)34-25(37)36-18-8-9-35(13-18)21-7-6-20(32-24(21)36)16-4-3-5-17(10-16)27(28,29)30/h3-7,10-12,18-19H,8-9,13-15H2,1-2H3,(H,33,34,37)/t18?,19-/m0/s1. The molecule has 2 atom stereocenters. The summed E-state index contributed by atoms with van der Waals surface area (Å²) in [5.41, 5.74) is 0.618. The molecule has 210 valence electrons. The average molecular weight is 557 g/mol. The first-order valence-corrected chi connectivity index (χ1v) is 12.9. The molecule has 2 fully saturated rings. The van der Waals surface area contributed by atoms with Crippen LogP contribution in [0.15, 0.2) is 48.8 Å². The monoisotopic (exact) mass is 556 g/mol. The van der Waals surface area contributed by atoms with E-state index in [1.807, 2.05) is 13.8 Å². The molecule has 1 N–H and O–H groups in total. The largest absolute Gasteiger partial charge is 0.474 e. The number of nitrogens with zero attached hydrogens (tertiary/aromatic N) is 5. The Labute approximate surface area is 228 Å². The van der Waals surface area contributed by atoms with E-state index in [2.05, 4.69) is 25.2 Å². The van der Waals surface area contributed by atoms with Gasteiger partial charge in [-0.1, -0.05) is 12.1 Å². The maximum atomic E-state index is 13.6. The zero-order valence-corrected chi connectivity index (χ0v) is 21.8. The van der Waals surface area contributed by atoms with Crippen molar-refractivity contribution in [3.8, 4) is 17.1 Å². The van der Waals surface area contributed by atoms with Gasteiger partial charge in [-0.25, -0.2) is 9.78 Å². The van der Waals surface area contributed by atoms with E-state index in [0.717, 1.165) is 30.8 Å². The number of halogens is 3. The Morgan fingerprint density at radius 3 is 2.83 bits per heavy atom. The molecule has 1 unspecified atom stereocenters. The Balaban J connectivity index is 1.22. The molecule has 40 heavy (non-hydrogen) atoms. The van der Waals surface area contributed by atoms with Crippen LogP contribution in [0.4, 0.5) is 35.3 Å². The molecule has 0 saturated carbocycles. The van der Waals surface area contributed by atoms with Crippen molar-refractivity contribution >= 4 is 23.4 Å². The SMILES string of the molecule is CC1(C)OC[C@H](COc2cncc(NC(=O)N3c4nc(-c5cccc(C(F)(F)F)c5)ccc4N4CCC3C4)n2)O1. The van der Waals surface area contributed by atoms with E-state index in [1.54, 1.807) is 23.1 Å². The van der Waals surface area contributed by atoms with Gasteiger partial charge in [0, 0.05) is 18.7 Å². The molecule has 3 aromatic rings. The highest BCUT2D eigenvalue weighted by molar-refractivity contribution is 6.04. The molecule has 3 aliphatic rings. The van der Waals surface area contributed by atoms with Gasteiger partial charge in [-0.2, -0.15) is 18.2 Å². The second-order valence-electron chi connectivity index (χ2n) is 10.3. The number of carbonyl (C=O) groups is 1. The summed E-state index contributed by atoms with van der Waals surface area (Å²) in [4.78, 5) is 30.4. The van der Waals surface area contributed by atoms with Crippen LogP contribution in [0.5, 0.6) is 5.88 Å². The number of fused-ring (bicyclic) bond motifs is 4. The highest BCUT2D eigenvalue weighted by Crippen LogP contribution is 2.41. The van der Waals surface area contributed by atoms with Gasteiger partial charge in [0.05, 0.1) is 42.0 Å². The minimum atomic E-state index is -4.48. The number of hydrogen-bond donors (Lipinski definition) is 1. The molecule has 2 saturated heterocycles. The fourth-order valence-corrected chi connectivity index (χ4v) is 5.16. The van der Waals surface area contributed by atoms with E-state index in [9.17, 15) is 18.0 Å². The van der Waals surface area contributed by atoms with E-state index in [1.165, 1.54) is 18.5 Å². The Hall–Kier alpha value is -3.97. The van der Waals surface area contributed by atoms with Gasteiger partial charge in [-0.15, -0.1) is 0 Å². The van der Waals surface area contributed by atoms with E-state index < -0.39 is 23.6 Å². The van der Waals surface area contributed by atoms with Gasteiger partial charge in [0.1, 0.15) is 12.7 Å². The van der Waals surface area contributed by atoms with Crippen molar-refractivity contribution in [3.63, 3.8) is 0 Å². The van der Waals surface area contributed by atoms with Gasteiger partial charge >= 0.3 is 12.2 Å². The van der Waals surface area contributed by atoms with Crippen LogP contribution < -0.4 is 19.9 Å². The first-order valence-electron chi connectivity index (χ1n) is 12.9. The number of anilines is 3. The molecule has 5 heterocycles. The number of hydrogen-bond acceptors (Lipinski definition) is 8. The highest BCUT2D eigenvalue weighted by Gasteiger charge is 2.41. The van der Waals surface area contributed by atoms with E-state index in [0.29, 0.717) is 30.2 Å². The van der Waals surface area contributed by atoms with E-state index >= 15 is 0 Å². The molecule has 10 nitrogen and oxygen atoms in total. The molecule has 0 aliphatic carbocycles. The Kier molecular flexibility index (Phi) is 6.50. The lowest BCUT2D eigenvalue weighted by Crippen LogP contribution is -2.48. The first-order chi connectivity index (χ1) is 19.1. The fourth-order valence-electron chi connectivity index (χ4n) is 5.16. The number of carbonyl (C=O) groups excluding carboxylic acids is 1. The lowest BCUT2D eigenvalue weighted by molar-refractivity contribution is -0.141. The summed E-state index contributed by atoms with van der Waals surface area (Å²) in [6.45, 7) is 5.60. The van der Waals surface area contributed by atoms with E-state index in [4.69, 9.17) is 14.2 Å². The minimum Gasteiger partial charge on any atom is -0.474 e. The fraction of sp³-hybridized carbons (Fsp3) is 0.407. The van der Waals surface area contributed by atoms with Gasteiger partial charge in [-0.3, -0.25) is 15.2 Å².